The SMILES string of the molecule is CCCNCC(C)Cc1cccc(OC(C)C)c1. The van der Waals surface area contributed by atoms with E-state index in [1.165, 1.54) is 12.0 Å². The quantitative estimate of drug-likeness (QED) is 0.710. The molecule has 1 aromatic carbocycles. The van der Waals surface area contributed by atoms with E-state index >= 15 is 0 Å². The van der Waals surface area contributed by atoms with Gasteiger partial charge >= 0.3 is 0 Å². The molecular weight excluding hydrogens is 222 g/mol. The van der Waals surface area contributed by atoms with Crippen LogP contribution in [0.1, 0.15) is 39.7 Å². The molecule has 0 aliphatic rings. The number of ether oxygens (including phenoxy) is 1. The molecule has 0 spiro atoms. The van der Waals surface area contributed by atoms with Crippen LogP contribution in [0.2, 0.25) is 0 Å². The molecule has 18 heavy (non-hydrogen) atoms. The Morgan fingerprint density at radius 3 is 2.67 bits per heavy atom. The van der Waals surface area contributed by atoms with Gasteiger partial charge in [0.15, 0.2) is 0 Å². The first-order chi connectivity index (χ1) is 8.61. The Labute approximate surface area is 112 Å². The molecule has 2 heteroatoms. The standard InChI is InChI=1S/C16H27NO/c1-5-9-17-12-14(4)10-15-7-6-8-16(11-15)18-13(2)3/h6-8,11,13-14,17H,5,9-10,12H2,1-4H3. The summed E-state index contributed by atoms with van der Waals surface area (Å²) in [5, 5.41) is 3.47. The zero-order valence-corrected chi connectivity index (χ0v) is 12.2. The smallest absolute Gasteiger partial charge is 0.119 e. The summed E-state index contributed by atoms with van der Waals surface area (Å²) < 4.78 is 5.72. The zero-order chi connectivity index (χ0) is 13.4. The minimum atomic E-state index is 0.240. The molecule has 0 aliphatic heterocycles. The van der Waals surface area contributed by atoms with Gasteiger partial charge in [0.05, 0.1) is 6.10 Å². The number of benzene rings is 1. The van der Waals surface area contributed by atoms with Gasteiger partial charge in [-0.3, -0.25) is 0 Å². The second kappa shape index (κ2) is 8.15. The fourth-order valence-electron chi connectivity index (χ4n) is 2.02. The van der Waals surface area contributed by atoms with Gasteiger partial charge in [-0.2, -0.15) is 0 Å². The average molecular weight is 249 g/mol. The molecule has 0 radical (unpaired) electrons. The van der Waals surface area contributed by atoms with E-state index in [0.717, 1.165) is 25.3 Å². The van der Waals surface area contributed by atoms with E-state index in [1.54, 1.807) is 0 Å². The van der Waals surface area contributed by atoms with Crippen molar-refractivity contribution in [2.75, 3.05) is 13.1 Å². The third kappa shape index (κ3) is 6.06. The van der Waals surface area contributed by atoms with Gasteiger partial charge in [-0.05, 0) is 63.4 Å². The largest absolute Gasteiger partial charge is 0.491 e. The Bertz CT molecular complexity index is 336. The Hall–Kier alpha value is -1.02. The topological polar surface area (TPSA) is 21.3 Å². The molecule has 1 N–H and O–H groups in total. The summed E-state index contributed by atoms with van der Waals surface area (Å²) in [5.74, 6) is 1.64. The lowest BCUT2D eigenvalue weighted by Crippen LogP contribution is -2.23. The molecule has 0 amide bonds. The summed E-state index contributed by atoms with van der Waals surface area (Å²) >= 11 is 0. The van der Waals surface area contributed by atoms with Crippen molar-refractivity contribution in [3.8, 4) is 5.75 Å². The van der Waals surface area contributed by atoms with Crippen LogP contribution < -0.4 is 10.1 Å². The first kappa shape index (κ1) is 15.0. The molecule has 0 bridgehead atoms. The summed E-state index contributed by atoms with van der Waals surface area (Å²) in [5.41, 5.74) is 1.36. The van der Waals surface area contributed by atoms with Crippen LogP contribution in [-0.4, -0.2) is 19.2 Å². The van der Waals surface area contributed by atoms with Crippen LogP contribution in [0.15, 0.2) is 24.3 Å². The Balaban J connectivity index is 2.45. The lowest BCUT2D eigenvalue weighted by Gasteiger charge is -2.14. The molecule has 0 fully saturated rings. The summed E-state index contributed by atoms with van der Waals surface area (Å²) in [7, 11) is 0. The Morgan fingerprint density at radius 1 is 1.22 bits per heavy atom. The van der Waals surface area contributed by atoms with Crippen LogP contribution in [-0.2, 0) is 6.42 Å². The summed E-state index contributed by atoms with van der Waals surface area (Å²) in [6.07, 6.45) is 2.54. The number of rotatable bonds is 8. The van der Waals surface area contributed by atoms with E-state index in [4.69, 9.17) is 4.74 Å². The van der Waals surface area contributed by atoms with Crippen molar-refractivity contribution in [2.24, 2.45) is 5.92 Å². The van der Waals surface area contributed by atoms with Crippen molar-refractivity contribution in [3.63, 3.8) is 0 Å². The predicted octanol–water partition coefficient (Wildman–Crippen LogP) is 3.65. The molecule has 0 saturated heterocycles. The van der Waals surface area contributed by atoms with Gasteiger partial charge in [-0.15, -0.1) is 0 Å². The molecular formula is C16H27NO. The highest BCUT2D eigenvalue weighted by atomic mass is 16.5. The van der Waals surface area contributed by atoms with Gasteiger partial charge in [0.1, 0.15) is 5.75 Å². The molecule has 1 rings (SSSR count). The van der Waals surface area contributed by atoms with Crippen molar-refractivity contribution < 1.29 is 4.74 Å². The first-order valence-electron chi connectivity index (χ1n) is 7.08. The second-order valence-corrected chi connectivity index (χ2v) is 5.33. The van der Waals surface area contributed by atoms with Crippen LogP contribution in [0.5, 0.6) is 5.75 Å². The summed E-state index contributed by atoms with van der Waals surface area (Å²) in [6, 6.07) is 8.46. The van der Waals surface area contributed by atoms with Crippen LogP contribution >= 0.6 is 0 Å². The van der Waals surface area contributed by atoms with E-state index in [-0.39, 0.29) is 6.10 Å². The lowest BCUT2D eigenvalue weighted by atomic mass is 10.0. The minimum absolute atomic E-state index is 0.240. The number of nitrogens with one attached hydrogen (secondary N) is 1. The molecule has 2 nitrogen and oxygen atoms in total. The highest BCUT2D eigenvalue weighted by molar-refractivity contribution is 5.28. The van der Waals surface area contributed by atoms with Crippen molar-refractivity contribution in [1.82, 2.24) is 5.32 Å². The molecule has 0 aromatic heterocycles. The van der Waals surface area contributed by atoms with Gasteiger partial charge in [0, 0.05) is 0 Å². The van der Waals surface area contributed by atoms with E-state index in [1.807, 2.05) is 6.07 Å². The highest BCUT2D eigenvalue weighted by Crippen LogP contribution is 2.17. The third-order valence-electron chi connectivity index (χ3n) is 2.77. The molecule has 0 aliphatic carbocycles. The number of hydrogen-bond acceptors (Lipinski definition) is 2. The molecule has 1 aromatic rings. The van der Waals surface area contributed by atoms with Crippen molar-refractivity contribution in [3.05, 3.63) is 29.8 Å². The van der Waals surface area contributed by atoms with E-state index < -0.39 is 0 Å². The maximum absolute atomic E-state index is 5.72. The fourth-order valence-corrected chi connectivity index (χ4v) is 2.02. The second-order valence-electron chi connectivity index (χ2n) is 5.33. The monoisotopic (exact) mass is 249 g/mol. The van der Waals surface area contributed by atoms with Crippen molar-refractivity contribution >= 4 is 0 Å². The molecule has 1 unspecified atom stereocenters. The van der Waals surface area contributed by atoms with Crippen LogP contribution in [0.4, 0.5) is 0 Å². The summed E-state index contributed by atoms with van der Waals surface area (Å²) in [4.78, 5) is 0. The zero-order valence-electron chi connectivity index (χ0n) is 12.2. The predicted molar refractivity (Wildman–Crippen MR) is 78.2 cm³/mol. The third-order valence-corrected chi connectivity index (χ3v) is 2.77. The van der Waals surface area contributed by atoms with E-state index in [2.05, 4.69) is 51.2 Å². The van der Waals surface area contributed by atoms with Crippen LogP contribution in [0, 0.1) is 5.92 Å². The first-order valence-corrected chi connectivity index (χ1v) is 7.08. The highest BCUT2D eigenvalue weighted by Gasteiger charge is 2.05. The Morgan fingerprint density at radius 2 is 2.00 bits per heavy atom. The maximum Gasteiger partial charge on any atom is 0.119 e. The van der Waals surface area contributed by atoms with E-state index in [0.29, 0.717) is 5.92 Å². The van der Waals surface area contributed by atoms with Gasteiger partial charge < -0.3 is 10.1 Å². The minimum Gasteiger partial charge on any atom is -0.491 e. The molecule has 0 saturated carbocycles. The van der Waals surface area contributed by atoms with Gasteiger partial charge in [0.2, 0.25) is 0 Å². The van der Waals surface area contributed by atoms with E-state index in [9.17, 15) is 0 Å². The molecule has 102 valence electrons. The van der Waals surface area contributed by atoms with Crippen molar-refractivity contribution in [1.29, 1.82) is 0 Å². The van der Waals surface area contributed by atoms with Crippen LogP contribution in [0.3, 0.4) is 0 Å². The van der Waals surface area contributed by atoms with Gasteiger partial charge in [0.25, 0.3) is 0 Å². The number of hydrogen-bond donors (Lipinski definition) is 1. The maximum atomic E-state index is 5.72. The lowest BCUT2D eigenvalue weighted by molar-refractivity contribution is 0.242. The van der Waals surface area contributed by atoms with Crippen molar-refractivity contribution in [2.45, 2.75) is 46.6 Å². The normalized spacial score (nSPS) is 12.7. The van der Waals surface area contributed by atoms with Gasteiger partial charge in [-0.25, -0.2) is 0 Å². The van der Waals surface area contributed by atoms with Crippen LogP contribution in [0.25, 0.3) is 0 Å². The summed E-state index contributed by atoms with van der Waals surface area (Å²) in [6.45, 7) is 10.8. The molecule has 1 atom stereocenters. The van der Waals surface area contributed by atoms with Gasteiger partial charge in [-0.1, -0.05) is 26.0 Å². The average Bonchev–Trinajstić information content (AvgIpc) is 2.28. The molecule has 0 heterocycles. The fraction of sp³-hybridized carbons (Fsp3) is 0.625. The Kier molecular flexibility index (Phi) is 6.81.